The summed E-state index contributed by atoms with van der Waals surface area (Å²) in [5, 5.41) is 0. The number of halogens is 2. The molecule has 0 aliphatic rings. The van der Waals surface area contributed by atoms with Crippen molar-refractivity contribution in [3.05, 3.63) is 41.0 Å². The fourth-order valence-corrected chi connectivity index (χ4v) is 1.59. The molecule has 0 radical (unpaired) electrons. The monoisotopic (exact) mass is 240 g/mol. The fourth-order valence-electron chi connectivity index (χ4n) is 1.11. The first kappa shape index (κ1) is 8.44. The van der Waals surface area contributed by atoms with Gasteiger partial charge in [0.05, 0.1) is 22.7 Å². The molecule has 2 nitrogen and oxygen atoms in total. The Labute approximate surface area is 83.0 Å². The molecule has 4 heteroatoms. The van der Waals surface area contributed by atoms with Crippen LogP contribution < -0.4 is 0 Å². The van der Waals surface area contributed by atoms with E-state index < -0.39 is 0 Å². The summed E-state index contributed by atoms with van der Waals surface area (Å²) in [7, 11) is 0. The van der Waals surface area contributed by atoms with Gasteiger partial charge in [-0.15, -0.1) is 0 Å². The SMILES string of the molecule is Fc1cccc(-c2cnc[nH]2)c1Br. The highest BCUT2D eigenvalue weighted by molar-refractivity contribution is 9.10. The third kappa shape index (κ3) is 1.49. The Kier molecular flexibility index (Phi) is 2.14. The molecule has 13 heavy (non-hydrogen) atoms. The number of rotatable bonds is 1. The van der Waals surface area contributed by atoms with Gasteiger partial charge in [-0.05, 0) is 22.0 Å². The Balaban J connectivity index is 2.59. The molecule has 1 heterocycles. The van der Waals surface area contributed by atoms with E-state index in [0.717, 1.165) is 11.3 Å². The van der Waals surface area contributed by atoms with E-state index in [9.17, 15) is 4.39 Å². The van der Waals surface area contributed by atoms with E-state index in [-0.39, 0.29) is 5.82 Å². The summed E-state index contributed by atoms with van der Waals surface area (Å²) in [5.41, 5.74) is 1.57. The first-order valence-corrected chi connectivity index (χ1v) is 4.51. The highest BCUT2D eigenvalue weighted by Crippen LogP contribution is 2.28. The van der Waals surface area contributed by atoms with E-state index in [4.69, 9.17) is 0 Å². The maximum absolute atomic E-state index is 13.1. The maximum atomic E-state index is 13.1. The molecule has 1 N–H and O–H groups in total. The average Bonchev–Trinajstić information content (AvgIpc) is 2.62. The lowest BCUT2D eigenvalue weighted by Gasteiger charge is -2.01. The zero-order valence-corrected chi connectivity index (χ0v) is 8.18. The second-order valence-corrected chi connectivity index (χ2v) is 3.36. The van der Waals surface area contributed by atoms with Crippen molar-refractivity contribution in [3.8, 4) is 11.3 Å². The molecule has 2 aromatic rings. The van der Waals surface area contributed by atoms with Crippen LogP contribution >= 0.6 is 15.9 Å². The molecule has 0 aliphatic heterocycles. The molecule has 0 spiro atoms. The van der Waals surface area contributed by atoms with Gasteiger partial charge in [-0.2, -0.15) is 0 Å². The summed E-state index contributed by atoms with van der Waals surface area (Å²) in [6.07, 6.45) is 3.21. The number of aromatic nitrogens is 2. The van der Waals surface area contributed by atoms with Gasteiger partial charge >= 0.3 is 0 Å². The highest BCUT2D eigenvalue weighted by Gasteiger charge is 2.07. The van der Waals surface area contributed by atoms with Crippen LogP contribution in [0.3, 0.4) is 0 Å². The first-order chi connectivity index (χ1) is 6.29. The Bertz CT molecular complexity index is 412. The summed E-state index contributed by atoms with van der Waals surface area (Å²) >= 11 is 3.18. The molecule has 1 aromatic carbocycles. The number of hydrogen-bond donors (Lipinski definition) is 1. The van der Waals surface area contributed by atoms with Crippen molar-refractivity contribution in [1.29, 1.82) is 0 Å². The molecule has 1 aromatic heterocycles. The second kappa shape index (κ2) is 3.30. The van der Waals surface area contributed by atoms with Crippen LogP contribution in [-0.2, 0) is 0 Å². The van der Waals surface area contributed by atoms with E-state index >= 15 is 0 Å². The van der Waals surface area contributed by atoms with Crippen molar-refractivity contribution < 1.29 is 4.39 Å². The van der Waals surface area contributed by atoms with E-state index in [1.165, 1.54) is 6.07 Å². The molecular formula is C9H6BrFN2. The van der Waals surface area contributed by atoms with Gasteiger partial charge in [0, 0.05) is 5.56 Å². The summed E-state index contributed by atoms with van der Waals surface area (Å²) in [5.74, 6) is -0.271. The van der Waals surface area contributed by atoms with Crippen LogP contribution in [0.5, 0.6) is 0 Å². The number of aromatic amines is 1. The van der Waals surface area contributed by atoms with Crippen LogP contribution in [0.15, 0.2) is 35.2 Å². The lowest BCUT2D eigenvalue weighted by atomic mass is 10.2. The van der Waals surface area contributed by atoms with Crippen molar-refractivity contribution in [2.24, 2.45) is 0 Å². The minimum atomic E-state index is -0.271. The minimum Gasteiger partial charge on any atom is -0.345 e. The van der Waals surface area contributed by atoms with Crippen molar-refractivity contribution in [2.75, 3.05) is 0 Å². The van der Waals surface area contributed by atoms with Gasteiger partial charge < -0.3 is 4.98 Å². The van der Waals surface area contributed by atoms with Gasteiger partial charge in [0.25, 0.3) is 0 Å². The zero-order valence-electron chi connectivity index (χ0n) is 6.59. The Morgan fingerprint density at radius 2 is 2.23 bits per heavy atom. The normalized spacial score (nSPS) is 10.3. The van der Waals surface area contributed by atoms with E-state index in [1.54, 1.807) is 18.6 Å². The molecule has 0 atom stereocenters. The highest BCUT2D eigenvalue weighted by atomic mass is 79.9. The van der Waals surface area contributed by atoms with Crippen LogP contribution in [-0.4, -0.2) is 9.97 Å². The molecular weight excluding hydrogens is 235 g/mol. The van der Waals surface area contributed by atoms with Crippen molar-refractivity contribution in [1.82, 2.24) is 9.97 Å². The number of nitrogens with zero attached hydrogens (tertiary/aromatic N) is 1. The smallest absolute Gasteiger partial charge is 0.138 e. The molecule has 0 unspecified atom stereocenters. The molecule has 0 aliphatic carbocycles. The minimum absolute atomic E-state index is 0.271. The second-order valence-electron chi connectivity index (χ2n) is 2.57. The third-order valence-corrected chi connectivity index (χ3v) is 2.55. The molecule has 0 saturated heterocycles. The summed E-state index contributed by atoms with van der Waals surface area (Å²) in [6, 6.07) is 4.89. The molecule has 66 valence electrons. The largest absolute Gasteiger partial charge is 0.345 e. The summed E-state index contributed by atoms with van der Waals surface area (Å²) in [4.78, 5) is 6.78. The van der Waals surface area contributed by atoms with Crippen molar-refractivity contribution >= 4 is 15.9 Å². The number of H-pyrrole nitrogens is 1. The Morgan fingerprint density at radius 3 is 2.92 bits per heavy atom. The Morgan fingerprint density at radius 1 is 1.38 bits per heavy atom. The van der Waals surface area contributed by atoms with Crippen LogP contribution in [0, 0.1) is 5.82 Å². The Hall–Kier alpha value is -1.16. The van der Waals surface area contributed by atoms with Gasteiger partial charge in [0.2, 0.25) is 0 Å². The number of hydrogen-bond acceptors (Lipinski definition) is 1. The van der Waals surface area contributed by atoms with Gasteiger partial charge in [-0.25, -0.2) is 9.37 Å². The molecule has 0 amide bonds. The van der Waals surface area contributed by atoms with Crippen molar-refractivity contribution in [2.45, 2.75) is 0 Å². The van der Waals surface area contributed by atoms with Crippen molar-refractivity contribution in [3.63, 3.8) is 0 Å². The van der Waals surface area contributed by atoms with E-state index in [1.807, 2.05) is 6.07 Å². The standard InChI is InChI=1S/C9H6BrFN2/c10-9-6(2-1-3-7(9)11)8-4-12-5-13-8/h1-5H,(H,12,13). The van der Waals surface area contributed by atoms with Crippen LogP contribution in [0.2, 0.25) is 0 Å². The van der Waals surface area contributed by atoms with E-state index in [0.29, 0.717) is 4.47 Å². The first-order valence-electron chi connectivity index (χ1n) is 3.72. The lowest BCUT2D eigenvalue weighted by molar-refractivity contribution is 0.621. The maximum Gasteiger partial charge on any atom is 0.138 e. The van der Waals surface area contributed by atoms with E-state index in [2.05, 4.69) is 25.9 Å². The number of nitrogens with one attached hydrogen (secondary N) is 1. The third-order valence-electron chi connectivity index (χ3n) is 1.74. The average molecular weight is 241 g/mol. The summed E-state index contributed by atoms with van der Waals surface area (Å²) < 4.78 is 13.5. The van der Waals surface area contributed by atoms with Gasteiger partial charge in [0.1, 0.15) is 5.82 Å². The van der Waals surface area contributed by atoms with Gasteiger partial charge in [-0.1, -0.05) is 12.1 Å². The predicted molar refractivity (Wildman–Crippen MR) is 51.7 cm³/mol. The van der Waals surface area contributed by atoms with Crippen LogP contribution in [0.1, 0.15) is 0 Å². The zero-order chi connectivity index (χ0) is 9.26. The topological polar surface area (TPSA) is 28.7 Å². The number of imidazole rings is 1. The fraction of sp³-hybridized carbons (Fsp3) is 0. The quantitative estimate of drug-likeness (QED) is 0.816. The van der Waals surface area contributed by atoms with Gasteiger partial charge in [0.15, 0.2) is 0 Å². The van der Waals surface area contributed by atoms with Crippen LogP contribution in [0.25, 0.3) is 11.3 Å². The molecule has 0 fully saturated rings. The predicted octanol–water partition coefficient (Wildman–Crippen LogP) is 2.98. The van der Waals surface area contributed by atoms with Crippen LogP contribution in [0.4, 0.5) is 4.39 Å². The molecule has 0 bridgehead atoms. The number of benzene rings is 1. The van der Waals surface area contributed by atoms with Gasteiger partial charge in [-0.3, -0.25) is 0 Å². The summed E-state index contributed by atoms with van der Waals surface area (Å²) in [6.45, 7) is 0. The lowest BCUT2D eigenvalue weighted by Crippen LogP contribution is -1.83. The molecule has 0 saturated carbocycles. The molecule has 2 rings (SSSR count).